The Morgan fingerprint density at radius 2 is 1.88 bits per heavy atom. The highest BCUT2D eigenvalue weighted by molar-refractivity contribution is 7.92. The molecule has 0 aliphatic carbocycles. The predicted molar refractivity (Wildman–Crippen MR) is 137 cm³/mol. The average Bonchev–Trinajstić information content (AvgIpc) is 3.06. The Hall–Kier alpha value is -2.85. The lowest BCUT2D eigenvalue weighted by Gasteiger charge is -2.35. The van der Waals surface area contributed by atoms with Crippen LogP contribution in [-0.4, -0.2) is 37.8 Å². The second-order valence-electron chi connectivity index (χ2n) is 9.84. The third-order valence-electron chi connectivity index (χ3n) is 5.78. The molecule has 34 heavy (non-hydrogen) atoms. The summed E-state index contributed by atoms with van der Waals surface area (Å²) in [6.07, 6.45) is 0.0909. The summed E-state index contributed by atoms with van der Waals surface area (Å²) in [4.78, 5) is 25.3. The van der Waals surface area contributed by atoms with Gasteiger partial charge in [0.15, 0.2) is 6.10 Å². The number of thiazole rings is 1. The molecule has 1 aliphatic rings. The van der Waals surface area contributed by atoms with Crippen molar-refractivity contribution in [3.8, 4) is 5.75 Å². The van der Waals surface area contributed by atoms with Crippen LogP contribution in [0, 0.1) is 0 Å². The van der Waals surface area contributed by atoms with Crippen LogP contribution in [0.15, 0.2) is 41.2 Å². The first-order valence-corrected chi connectivity index (χ1v) is 13.7. The second-order valence-corrected chi connectivity index (χ2v) is 12.7. The van der Waals surface area contributed by atoms with Crippen molar-refractivity contribution < 1.29 is 17.9 Å². The summed E-state index contributed by atoms with van der Waals surface area (Å²) in [6, 6.07) is 10.7. The SMILES string of the molecule is CC(C)n1c(=O)sc2cc(NC(=O)C3CN(S(C)(=O)=O)c4cc(C(C)(C)C)ccc4O3)ccc21. The molecule has 2 aromatic carbocycles. The summed E-state index contributed by atoms with van der Waals surface area (Å²) in [5.41, 5.74) is 2.54. The minimum Gasteiger partial charge on any atom is -0.476 e. The molecule has 0 spiro atoms. The van der Waals surface area contributed by atoms with Gasteiger partial charge in [0.1, 0.15) is 5.75 Å². The van der Waals surface area contributed by atoms with E-state index in [-0.39, 0.29) is 22.9 Å². The summed E-state index contributed by atoms with van der Waals surface area (Å²) in [5, 5.41) is 2.81. The molecule has 0 saturated carbocycles. The van der Waals surface area contributed by atoms with E-state index in [9.17, 15) is 18.0 Å². The zero-order valence-electron chi connectivity index (χ0n) is 20.1. The summed E-state index contributed by atoms with van der Waals surface area (Å²) in [5.74, 6) is -0.123. The first-order chi connectivity index (χ1) is 15.8. The van der Waals surface area contributed by atoms with Gasteiger partial charge < -0.3 is 10.1 Å². The van der Waals surface area contributed by atoms with Crippen molar-refractivity contribution in [1.29, 1.82) is 0 Å². The maximum atomic E-state index is 13.1. The monoisotopic (exact) mass is 503 g/mol. The molecule has 1 aromatic heterocycles. The maximum Gasteiger partial charge on any atom is 0.308 e. The lowest BCUT2D eigenvalue weighted by atomic mass is 9.86. The molecule has 1 aliphatic heterocycles. The molecule has 0 fully saturated rings. The lowest BCUT2D eigenvalue weighted by Crippen LogP contribution is -2.48. The number of carbonyl (C=O) groups excluding carboxylic acids is 1. The Bertz CT molecular complexity index is 1430. The van der Waals surface area contributed by atoms with Crippen molar-refractivity contribution in [2.45, 2.75) is 52.2 Å². The molecule has 1 amide bonds. The molecular formula is C24H29N3O5S2. The summed E-state index contributed by atoms with van der Waals surface area (Å²) in [7, 11) is -3.64. The van der Waals surface area contributed by atoms with E-state index in [0.717, 1.165) is 33.4 Å². The zero-order chi connectivity index (χ0) is 25.0. The Balaban J connectivity index is 1.63. The molecule has 0 saturated heterocycles. The highest BCUT2D eigenvalue weighted by Crippen LogP contribution is 2.38. The van der Waals surface area contributed by atoms with Gasteiger partial charge in [0, 0.05) is 11.7 Å². The van der Waals surface area contributed by atoms with Gasteiger partial charge in [0.25, 0.3) is 5.91 Å². The number of nitrogens with one attached hydrogen (secondary N) is 1. The largest absolute Gasteiger partial charge is 0.476 e. The van der Waals surface area contributed by atoms with E-state index >= 15 is 0 Å². The van der Waals surface area contributed by atoms with Gasteiger partial charge in [-0.05, 0) is 55.2 Å². The number of benzene rings is 2. The van der Waals surface area contributed by atoms with Crippen LogP contribution >= 0.6 is 11.3 Å². The summed E-state index contributed by atoms with van der Waals surface area (Å²) >= 11 is 1.12. The highest BCUT2D eigenvalue weighted by Gasteiger charge is 2.36. The van der Waals surface area contributed by atoms with Crippen LogP contribution in [0.4, 0.5) is 11.4 Å². The van der Waals surface area contributed by atoms with E-state index in [2.05, 4.69) is 5.32 Å². The number of aromatic nitrogens is 1. The number of hydrogen-bond acceptors (Lipinski definition) is 6. The number of amides is 1. The van der Waals surface area contributed by atoms with E-state index in [1.165, 1.54) is 4.31 Å². The molecule has 0 bridgehead atoms. The number of hydrogen-bond donors (Lipinski definition) is 1. The number of ether oxygens (including phenoxy) is 1. The maximum absolute atomic E-state index is 13.1. The van der Waals surface area contributed by atoms with E-state index in [0.29, 0.717) is 17.1 Å². The summed E-state index contributed by atoms with van der Waals surface area (Å²) in [6.45, 7) is 9.89. The van der Waals surface area contributed by atoms with Crippen LogP contribution in [-0.2, 0) is 20.2 Å². The van der Waals surface area contributed by atoms with Gasteiger partial charge in [-0.15, -0.1) is 0 Å². The lowest BCUT2D eigenvalue weighted by molar-refractivity contribution is -0.122. The molecule has 3 aromatic rings. The minimum absolute atomic E-state index is 0.0261. The van der Waals surface area contributed by atoms with Crippen LogP contribution in [0.1, 0.15) is 46.2 Å². The van der Waals surface area contributed by atoms with Crippen LogP contribution < -0.4 is 19.2 Å². The van der Waals surface area contributed by atoms with Crippen molar-refractivity contribution in [2.75, 3.05) is 22.4 Å². The standard InChI is InChI=1S/C24H29N3O5S2/c1-14(2)27-17-9-8-16(12-21(17)33-23(27)29)25-22(28)20-13-26(34(6,30)31)18-11-15(24(3,4)5)7-10-19(18)32-20/h7-12,14,20H,13H2,1-6H3,(H,25,28). The smallest absolute Gasteiger partial charge is 0.308 e. The van der Waals surface area contributed by atoms with E-state index in [1.54, 1.807) is 34.9 Å². The summed E-state index contributed by atoms with van der Waals surface area (Å²) < 4.78 is 34.8. The Kier molecular flexibility index (Phi) is 6.02. The van der Waals surface area contributed by atoms with Gasteiger partial charge in [-0.3, -0.25) is 18.5 Å². The first-order valence-electron chi connectivity index (χ1n) is 11.0. The molecule has 0 radical (unpaired) electrons. The predicted octanol–water partition coefficient (Wildman–Crippen LogP) is 4.11. The number of nitrogens with zero attached hydrogens (tertiary/aromatic N) is 2. The van der Waals surface area contributed by atoms with E-state index in [1.807, 2.05) is 40.7 Å². The van der Waals surface area contributed by atoms with Gasteiger partial charge in [-0.25, -0.2) is 8.42 Å². The fourth-order valence-corrected chi connectivity index (χ4v) is 5.95. The molecule has 182 valence electrons. The van der Waals surface area contributed by atoms with Crippen molar-refractivity contribution in [2.24, 2.45) is 0 Å². The quantitative estimate of drug-likeness (QED) is 0.578. The van der Waals surface area contributed by atoms with Crippen molar-refractivity contribution >= 4 is 48.9 Å². The topological polar surface area (TPSA) is 97.7 Å². The van der Waals surface area contributed by atoms with Crippen LogP contribution in [0.5, 0.6) is 5.75 Å². The molecule has 8 nitrogen and oxygen atoms in total. The van der Waals surface area contributed by atoms with Crippen molar-refractivity contribution in [1.82, 2.24) is 4.57 Å². The third-order valence-corrected chi connectivity index (χ3v) is 7.85. The van der Waals surface area contributed by atoms with Gasteiger partial charge in [0.05, 0.1) is 28.7 Å². The van der Waals surface area contributed by atoms with Crippen molar-refractivity contribution in [3.63, 3.8) is 0 Å². The van der Waals surface area contributed by atoms with Crippen LogP contribution in [0.3, 0.4) is 0 Å². The van der Waals surface area contributed by atoms with Gasteiger partial charge in [0.2, 0.25) is 10.0 Å². The Morgan fingerprint density at radius 3 is 2.50 bits per heavy atom. The highest BCUT2D eigenvalue weighted by atomic mass is 32.2. The molecule has 1 unspecified atom stereocenters. The number of rotatable bonds is 4. The molecule has 1 atom stereocenters. The normalized spacial score (nSPS) is 16.4. The van der Waals surface area contributed by atoms with Gasteiger partial charge in [-0.2, -0.15) is 0 Å². The first kappa shape index (κ1) is 24.3. The van der Waals surface area contributed by atoms with Gasteiger partial charge >= 0.3 is 4.87 Å². The van der Waals surface area contributed by atoms with Crippen LogP contribution in [0.2, 0.25) is 0 Å². The Labute approximate surface area is 203 Å². The zero-order valence-corrected chi connectivity index (χ0v) is 21.7. The second kappa shape index (κ2) is 8.42. The molecule has 2 heterocycles. The minimum atomic E-state index is -3.64. The molecule has 4 rings (SSSR count). The number of fused-ring (bicyclic) bond motifs is 2. The van der Waals surface area contributed by atoms with E-state index in [4.69, 9.17) is 4.74 Å². The average molecular weight is 504 g/mol. The molecular weight excluding hydrogens is 474 g/mol. The number of anilines is 2. The number of sulfonamides is 1. The molecule has 1 N–H and O–H groups in total. The van der Waals surface area contributed by atoms with Crippen LogP contribution in [0.25, 0.3) is 10.2 Å². The number of carbonyl (C=O) groups is 1. The van der Waals surface area contributed by atoms with Gasteiger partial charge in [-0.1, -0.05) is 38.2 Å². The van der Waals surface area contributed by atoms with Crippen molar-refractivity contribution in [3.05, 3.63) is 51.6 Å². The fourth-order valence-electron chi connectivity index (χ4n) is 3.99. The molecule has 10 heteroatoms. The third kappa shape index (κ3) is 4.56. The Morgan fingerprint density at radius 1 is 1.18 bits per heavy atom. The van der Waals surface area contributed by atoms with E-state index < -0.39 is 22.0 Å². The fraction of sp³-hybridized carbons (Fsp3) is 0.417.